The lowest BCUT2D eigenvalue weighted by Crippen LogP contribution is -2.21. The summed E-state index contributed by atoms with van der Waals surface area (Å²) in [5, 5.41) is 2.83. The van der Waals surface area contributed by atoms with Gasteiger partial charge < -0.3 is 5.43 Å². The summed E-state index contributed by atoms with van der Waals surface area (Å²) in [4.78, 5) is 12.3. The van der Waals surface area contributed by atoms with Crippen LogP contribution in [0.2, 0.25) is 0 Å². The molecule has 1 aromatic carbocycles. The van der Waals surface area contributed by atoms with E-state index in [4.69, 9.17) is 4.55 Å². The normalized spacial score (nSPS) is 14.7. The Balaban J connectivity index is 1.77. The Hall–Kier alpha value is -2.78. The van der Waals surface area contributed by atoms with Crippen molar-refractivity contribution in [2.75, 3.05) is 10.9 Å². The molecule has 9 heteroatoms. The molecule has 1 aliphatic rings. The molecule has 0 amide bonds. The second kappa shape index (κ2) is 6.38. The van der Waals surface area contributed by atoms with E-state index in [9.17, 15) is 13.2 Å². The highest BCUT2D eigenvalue weighted by molar-refractivity contribution is 7.89. The van der Waals surface area contributed by atoms with Gasteiger partial charge in [0.25, 0.3) is 15.7 Å². The van der Waals surface area contributed by atoms with Gasteiger partial charge in [0, 0.05) is 11.9 Å². The third-order valence-electron chi connectivity index (χ3n) is 3.59. The van der Waals surface area contributed by atoms with Crippen LogP contribution in [0.5, 0.6) is 0 Å². The summed E-state index contributed by atoms with van der Waals surface area (Å²) in [7, 11) is -4.18. The standard InChI is InChI=1S/C15H16N4O4S/c20-15-14(18-17-11-4-2-1-3-5-11)10-16-19(15)12-6-8-13(9-7-12)24(21,22)23/h1-6,8,10,16-18H,7,9H2,(H,21,22,23). The van der Waals surface area contributed by atoms with Gasteiger partial charge in [0.1, 0.15) is 5.69 Å². The van der Waals surface area contributed by atoms with E-state index in [0.29, 0.717) is 17.8 Å². The number of benzene rings is 1. The van der Waals surface area contributed by atoms with Crippen molar-refractivity contribution in [2.45, 2.75) is 12.8 Å². The molecule has 24 heavy (non-hydrogen) atoms. The fourth-order valence-electron chi connectivity index (χ4n) is 2.34. The van der Waals surface area contributed by atoms with Crippen LogP contribution in [0.15, 0.2) is 58.4 Å². The predicted molar refractivity (Wildman–Crippen MR) is 91.9 cm³/mol. The third-order valence-corrected chi connectivity index (χ3v) is 4.60. The third kappa shape index (κ3) is 3.42. The average Bonchev–Trinajstić information content (AvgIpc) is 2.94. The predicted octanol–water partition coefficient (Wildman–Crippen LogP) is 2.02. The number of aromatic nitrogens is 2. The fraction of sp³-hybridized carbons (Fsp3) is 0.133. The first kappa shape index (κ1) is 16.1. The molecular weight excluding hydrogens is 332 g/mol. The molecule has 3 rings (SSSR count). The number of aromatic amines is 1. The zero-order valence-corrected chi connectivity index (χ0v) is 13.4. The second-order valence-electron chi connectivity index (χ2n) is 5.21. The molecule has 1 aromatic heterocycles. The van der Waals surface area contributed by atoms with Gasteiger partial charge in [-0.3, -0.25) is 19.9 Å². The number of hydrogen-bond donors (Lipinski definition) is 4. The highest BCUT2D eigenvalue weighted by Crippen LogP contribution is 2.23. The summed E-state index contributed by atoms with van der Waals surface area (Å²) < 4.78 is 32.5. The number of allylic oxidation sites excluding steroid dienone is 4. The van der Waals surface area contributed by atoms with Crippen LogP contribution >= 0.6 is 0 Å². The number of rotatable bonds is 5. The second-order valence-corrected chi connectivity index (χ2v) is 6.68. The summed E-state index contributed by atoms with van der Waals surface area (Å²) in [6.07, 6.45) is 4.77. The molecule has 0 unspecified atom stereocenters. The van der Waals surface area contributed by atoms with Crippen molar-refractivity contribution in [1.82, 2.24) is 9.78 Å². The zero-order chi connectivity index (χ0) is 17.2. The summed E-state index contributed by atoms with van der Waals surface area (Å²) in [5.74, 6) is 0. The van der Waals surface area contributed by atoms with E-state index >= 15 is 0 Å². The maximum Gasteiger partial charge on any atom is 0.296 e. The lowest BCUT2D eigenvalue weighted by atomic mass is 10.1. The maximum atomic E-state index is 12.4. The Morgan fingerprint density at radius 2 is 1.83 bits per heavy atom. The first-order valence-corrected chi connectivity index (χ1v) is 8.64. The molecule has 0 spiro atoms. The topological polar surface area (TPSA) is 116 Å². The number of nitrogens with zero attached hydrogens (tertiary/aromatic N) is 1. The Labute approximate surface area is 138 Å². The molecular formula is C15H16N4O4S. The van der Waals surface area contributed by atoms with Gasteiger partial charge >= 0.3 is 0 Å². The maximum absolute atomic E-state index is 12.4. The summed E-state index contributed by atoms with van der Waals surface area (Å²) in [6, 6.07) is 9.32. The SMILES string of the molecule is O=c1c(NNc2ccccc2)c[nH]n1C1=CC=C(S(=O)(=O)O)CC1. The van der Waals surface area contributed by atoms with Crippen molar-refractivity contribution in [2.24, 2.45) is 0 Å². The van der Waals surface area contributed by atoms with Crippen LogP contribution in [-0.2, 0) is 10.1 Å². The number of hydrazine groups is 1. The molecule has 4 N–H and O–H groups in total. The summed E-state index contributed by atoms with van der Waals surface area (Å²) >= 11 is 0. The van der Waals surface area contributed by atoms with E-state index in [1.165, 1.54) is 23.0 Å². The molecule has 2 aromatic rings. The zero-order valence-electron chi connectivity index (χ0n) is 12.6. The molecule has 0 saturated carbocycles. The van der Waals surface area contributed by atoms with Crippen molar-refractivity contribution >= 4 is 27.2 Å². The number of para-hydroxylation sites is 1. The minimum atomic E-state index is -4.18. The summed E-state index contributed by atoms with van der Waals surface area (Å²) in [5.41, 5.74) is 7.19. The Kier molecular flexibility index (Phi) is 4.28. The first-order valence-electron chi connectivity index (χ1n) is 7.20. The minimum absolute atomic E-state index is 0.0602. The monoisotopic (exact) mass is 348 g/mol. The quantitative estimate of drug-likeness (QED) is 0.485. The van der Waals surface area contributed by atoms with Crippen molar-refractivity contribution in [3.63, 3.8) is 0 Å². The smallest absolute Gasteiger partial charge is 0.296 e. The van der Waals surface area contributed by atoms with E-state index in [1.807, 2.05) is 30.3 Å². The number of nitrogens with one attached hydrogen (secondary N) is 3. The molecule has 1 heterocycles. The van der Waals surface area contributed by atoms with Gasteiger partial charge in [-0.1, -0.05) is 18.2 Å². The van der Waals surface area contributed by atoms with Crippen LogP contribution in [-0.4, -0.2) is 22.8 Å². The Bertz CT molecular complexity index is 955. The van der Waals surface area contributed by atoms with Crippen LogP contribution in [0.4, 0.5) is 11.4 Å². The lowest BCUT2D eigenvalue weighted by Gasteiger charge is -2.12. The number of hydrogen-bond acceptors (Lipinski definition) is 5. The van der Waals surface area contributed by atoms with E-state index in [-0.39, 0.29) is 16.9 Å². The van der Waals surface area contributed by atoms with Crippen LogP contribution in [0.25, 0.3) is 5.70 Å². The molecule has 0 bridgehead atoms. The first-order chi connectivity index (χ1) is 11.4. The van der Waals surface area contributed by atoms with Crippen molar-refractivity contribution in [3.05, 3.63) is 63.9 Å². The lowest BCUT2D eigenvalue weighted by molar-refractivity contribution is 0.489. The highest BCUT2D eigenvalue weighted by atomic mass is 32.2. The van der Waals surface area contributed by atoms with E-state index < -0.39 is 10.1 Å². The molecule has 0 fully saturated rings. The van der Waals surface area contributed by atoms with E-state index in [2.05, 4.69) is 16.0 Å². The van der Waals surface area contributed by atoms with E-state index in [0.717, 1.165) is 5.69 Å². The van der Waals surface area contributed by atoms with Gasteiger partial charge in [-0.2, -0.15) is 8.42 Å². The van der Waals surface area contributed by atoms with Gasteiger partial charge in [-0.05, 0) is 37.1 Å². The van der Waals surface area contributed by atoms with Crippen molar-refractivity contribution in [1.29, 1.82) is 0 Å². The van der Waals surface area contributed by atoms with Gasteiger partial charge in [-0.15, -0.1) is 0 Å². The molecule has 0 saturated heterocycles. The molecule has 8 nitrogen and oxygen atoms in total. The molecule has 126 valence electrons. The van der Waals surface area contributed by atoms with Crippen LogP contribution in [0.1, 0.15) is 12.8 Å². The van der Waals surface area contributed by atoms with E-state index in [1.54, 1.807) is 0 Å². The molecule has 0 radical (unpaired) electrons. The average molecular weight is 348 g/mol. The van der Waals surface area contributed by atoms with Crippen molar-refractivity contribution in [3.8, 4) is 0 Å². The molecule has 1 aliphatic carbocycles. The minimum Gasteiger partial charge on any atom is -0.301 e. The number of H-pyrrole nitrogens is 1. The van der Waals surface area contributed by atoms with Crippen LogP contribution in [0.3, 0.4) is 0 Å². The van der Waals surface area contributed by atoms with Gasteiger partial charge in [0.15, 0.2) is 0 Å². The number of anilines is 2. The Morgan fingerprint density at radius 3 is 2.46 bits per heavy atom. The van der Waals surface area contributed by atoms with Crippen LogP contribution < -0.4 is 16.4 Å². The van der Waals surface area contributed by atoms with Gasteiger partial charge in [-0.25, -0.2) is 4.68 Å². The largest absolute Gasteiger partial charge is 0.301 e. The highest BCUT2D eigenvalue weighted by Gasteiger charge is 2.19. The molecule has 0 aliphatic heterocycles. The fourth-order valence-corrected chi connectivity index (χ4v) is 2.94. The van der Waals surface area contributed by atoms with Crippen molar-refractivity contribution < 1.29 is 13.0 Å². The molecule has 0 atom stereocenters. The van der Waals surface area contributed by atoms with Gasteiger partial charge in [0.05, 0.1) is 10.6 Å². The van der Waals surface area contributed by atoms with Crippen LogP contribution in [0, 0.1) is 0 Å². The Morgan fingerprint density at radius 1 is 1.08 bits per heavy atom. The summed E-state index contributed by atoms with van der Waals surface area (Å²) in [6.45, 7) is 0. The van der Waals surface area contributed by atoms with Gasteiger partial charge in [0.2, 0.25) is 0 Å².